The number of hydrogen-bond donors (Lipinski definition) is 2. The zero-order chi connectivity index (χ0) is 8.22. The van der Waals surface area contributed by atoms with Crippen LogP contribution in [-0.4, -0.2) is 18.0 Å². The van der Waals surface area contributed by atoms with E-state index >= 15 is 0 Å². The van der Waals surface area contributed by atoms with E-state index in [4.69, 9.17) is 11.5 Å². The first-order valence-corrected chi connectivity index (χ1v) is 3.92. The van der Waals surface area contributed by atoms with Crippen LogP contribution in [0.15, 0.2) is 0 Å². The van der Waals surface area contributed by atoms with E-state index in [0.717, 1.165) is 0 Å². The highest BCUT2D eigenvalue weighted by atomic mass is 19.3. The van der Waals surface area contributed by atoms with Crippen molar-refractivity contribution < 1.29 is 8.78 Å². The van der Waals surface area contributed by atoms with E-state index in [1.807, 2.05) is 0 Å². The molecule has 2 aliphatic carbocycles. The molecule has 0 saturated heterocycles. The Morgan fingerprint density at radius 1 is 1.09 bits per heavy atom. The van der Waals surface area contributed by atoms with Gasteiger partial charge in [0.1, 0.15) is 0 Å². The molecule has 11 heavy (non-hydrogen) atoms. The molecule has 2 atom stereocenters. The summed E-state index contributed by atoms with van der Waals surface area (Å²) in [7, 11) is 0. The molecular weight excluding hydrogens is 150 g/mol. The van der Waals surface area contributed by atoms with Gasteiger partial charge in [0.25, 0.3) is 5.92 Å². The van der Waals surface area contributed by atoms with E-state index in [-0.39, 0.29) is 12.1 Å². The Balaban J connectivity index is 2.30. The van der Waals surface area contributed by atoms with Crippen molar-refractivity contribution in [2.24, 2.45) is 23.3 Å². The van der Waals surface area contributed by atoms with Crippen LogP contribution in [-0.2, 0) is 0 Å². The van der Waals surface area contributed by atoms with Gasteiger partial charge in [-0.15, -0.1) is 0 Å². The molecule has 2 bridgehead atoms. The van der Waals surface area contributed by atoms with Crippen LogP contribution in [0.1, 0.15) is 12.8 Å². The smallest absolute Gasteiger partial charge is 0.256 e. The average molecular weight is 162 g/mol. The van der Waals surface area contributed by atoms with E-state index < -0.39 is 17.8 Å². The number of alkyl halides is 2. The second kappa shape index (κ2) is 1.93. The van der Waals surface area contributed by atoms with Gasteiger partial charge in [-0.2, -0.15) is 0 Å². The average Bonchev–Trinajstić information content (AvgIpc) is 2.14. The van der Waals surface area contributed by atoms with Gasteiger partial charge < -0.3 is 11.5 Å². The molecule has 0 aliphatic heterocycles. The van der Waals surface area contributed by atoms with E-state index in [2.05, 4.69) is 0 Å². The summed E-state index contributed by atoms with van der Waals surface area (Å²) >= 11 is 0. The summed E-state index contributed by atoms with van der Waals surface area (Å²) in [6, 6.07) is -0.752. The fraction of sp³-hybridized carbons (Fsp3) is 1.00. The van der Waals surface area contributed by atoms with Crippen molar-refractivity contribution in [1.82, 2.24) is 0 Å². The standard InChI is InChI=1S/C7H12F2N2/c8-7(9)3-1-4(10)6(7)5(11)2-3/h3-6H,1-2,10-11H2. The quantitative estimate of drug-likeness (QED) is 0.538. The van der Waals surface area contributed by atoms with Crippen LogP contribution in [0.5, 0.6) is 0 Å². The maximum absolute atomic E-state index is 13.1. The second-order valence-corrected chi connectivity index (χ2v) is 3.70. The lowest BCUT2D eigenvalue weighted by atomic mass is 9.92. The van der Waals surface area contributed by atoms with Crippen LogP contribution in [0.25, 0.3) is 0 Å². The molecule has 2 fully saturated rings. The molecule has 2 rings (SSSR count). The van der Waals surface area contributed by atoms with Crippen LogP contribution in [0.2, 0.25) is 0 Å². The third-order valence-corrected chi connectivity index (χ3v) is 3.02. The SMILES string of the molecule is NC1CC2CC(N)C1C2(F)F. The van der Waals surface area contributed by atoms with Gasteiger partial charge in [0, 0.05) is 18.0 Å². The normalized spacial score (nSPS) is 53.5. The summed E-state index contributed by atoms with van der Waals surface area (Å²) in [6.45, 7) is 0. The Kier molecular flexibility index (Phi) is 1.30. The van der Waals surface area contributed by atoms with Crippen molar-refractivity contribution in [3.8, 4) is 0 Å². The van der Waals surface area contributed by atoms with Crippen LogP contribution in [0.3, 0.4) is 0 Å². The number of fused-ring (bicyclic) bond motifs is 2. The van der Waals surface area contributed by atoms with Gasteiger partial charge in [-0.05, 0) is 12.8 Å². The minimum atomic E-state index is -2.58. The monoisotopic (exact) mass is 162 g/mol. The van der Waals surface area contributed by atoms with Crippen LogP contribution < -0.4 is 11.5 Å². The van der Waals surface area contributed by atoms with Crippen LogP contribution >= 0.6 is 0 Å². The van der Waals surface area contributed by atoms with E-state index in [1.54, 1.807) is 0 Å². The molecule has 0 aromatic carbocycles. The minimum absolute atomic E-state index is 0.376. The predicted molar refractivity (Wildman–Crippen MR) is 37.1 cm³/mol. The molecule has 4 N–H and O–H groups in total. The first kappa shape index (κ1) is 7.43. The Bertz CT molecular complexity index is 171. The molecule has 0 amide bonds. The van der Waals surface area contributed by atoms with Gasteiger partial charge in [-0.1, -0.05) is 0 Å². The molecule has 2 unspecified atom stereocenters. The minimum Gasteiger partial charge on any atom is -0.327 e. The lowest BCUT2D eigenvalue weighted by Crippen LogP contribution is -2.43. The number of halogens is 2. The highest BCUT2D eigenvalue weighted by Gasteiger charge is 2.63. The highest BCUT2D eigenvalue weighted by Crippen LogP contribution is 2.54. The molecule has 0 aromatic heterocycles. The maximum Gasteiger partial charge on any atom is 0.256 e. The molecule has 2 nitrogen and oxygen atoms in total. The molecular formula is C7H12F2N2. The molecule has 4 heteroatoms. The Hall–Kier alpha value is -0.220. The fourth-order valence-electron chi connectivity index (χ4n) is 2.52. The van der Waals surface area contributed by atoms with Gasteiger partial charge in [0.15, 0.2) is 0 Å². The summed E-state index contributed by atoms with van der Waals surface area (Å²) < 4.78 is 26.3. The van der Waals surface area contributed by atoms with Gasteiger partial charge in [0.05, 0.1) is 5.92 Å². The van der Waals surface area contributed by atoms with Crippen molar-refractivity contribution in [2.75, 3.05) is 0 Å². The van der Waals surface area contributed by atoms with Crippen LogP contribution in [0.4, 0.5) is 8.78 Å². The van der Waals surface area contributed by atoms with E-state index in [1.165, 1.54) is 0 Å². The Labute approximate surface area is 63.9 Å². The zero-order valence-corrected chi connectivity index (χ0v) is 6.13. The van der Waals surface area contributed by atoms with Gasteiger partial charge in [-0.3, -0.25) is 0 Å². The zero-order valence-electron chi connectivity index (χ0n) is 6.13. The third kappa shape index (κ3) is 0.767. The summed E-state index contributed by atoms with van der Waals surface area (Å²) in [5, 5.41) is 0. The summed E-state index contributed by atoms with van der Waals surface area (Å²) in [4.78, 5) is 0. The van der Waals surface area contributed by atoms with Crippen molar-refractivity contribution >= 4 is 0 Å². The summed E-state index contributed by atoms with van der Waals surface area (Å²) in [5.41, 5.74) is 11.1. The molecule has 2 saturated carbocycles. The van der Waals surface area contributed by atoms with Crippen molar-refractivity contribution in [2.45, 2.75) is 30.8 Å². The first-order chi connectivity index (χ1) is 5.03. The fourth-order valence-corrected chi connectivity index (χ4v) is 2.52. The Morgan fingerprint density at radius 3 is 1.73 bits per heavy atom. The Morgan fingerprint density at radius 2 is 1.55 bits per heavy atom. The topological polar surface area (TPSA) is 52.0 Å². The molecule has 0 spiro atoms. The predicted octanol–water partition coefficient (Wildman–Crippen LogP) is 0.316. The van der Waals surface area contributed by atoms with E-state index in [9.17, 15) is 8.78 Å². The summed E-state index contributed by atoms with van der Waals surface area (Å²) in [5.74, 6) is -3.89. The number of nitrogens with two attached hydrogens (primary N) is 2. The molecule has 0 heterocycles. The third-order valence-electron chi connectivity index (χ3n) is 3.02. The molecule has 2 aliphatic rings. The summed E-state index contributed by atoms with van der Waals surface area (Å²) in [6.07, 6.45) is 0.900. The molecule has 64 valence electrons. The van der Waals surface area contributed by atoms with Crippen molar-refractivity contribution in [3.05, 3.63) is 0 Å². The molecule has 0 radical (unpaired) electrons. The lowest BCUT2D eigenvalue weighted by molar-refractivity contribution is -0.0480. The largest absolute Gasteiger partial charge is 0.327 e. The maximum atomic E-state index is 13.1. The van der Waals surface area contributed by atoms with Crippen LogP contribution in [0, 0.1) is 11.8 Å². The number of hydrogen-bond acceptors (Lipinski definition) is 2. The van der Waals surface area contributed by atoms with Crippen molar-refractivity contribution in [1.29, 1.82) is 0 Å². The van der Waals surface area contributed by atoms with E-state index in [0.29, 0.717) is 12.8 Å². The lowest BCUT2D eigenvalue weighted by Gasteiger charge is -2.22. The van der Waals surface area contributed by atoms with Gasteiger partial charge >= 0.3 is 0 Å². The van der Waals surface area contributed by atoms with Gasteiger partial charge in [0.2, 0.25) is 0 Å². The van der Waals surface area contributed by atoms with Crippen molar-refractivity contribution in [3.63, 3.8) is 0 Å². The molecule has 0 aromatic rings. The second-order valence-electron chi connectivity index (χ2n) is 3.70. The number of rotatable bonds is 0. The highest BCUT2D eigenvalue weighted by molar-refractivity contribution is 5.10. The van der Waals surface area contributed by atoms with Gasteiger partial charge in [-0.25, -0.2) is 8.78 Å². The first-order valence-electron chi connectivity index (χ1n) is 3.92.